The van der Waals surface area contributed by atoms with Crippen LogP contribution in [0.1, 0.15) is 76.1 Å². The molecular formula is C26H39N3O2. The highest BCUT2D eigenvalue weighted by atomic mass is 16.3. The van der Waals surface area contributed by atoms with Crippen LogP contribution in [0.3, 0.4) is 0 Å². The second-order valence-electron chi connectivity index (χ2n) is 10.7. The zero-order chi connectivity index (χ0) is 22.1. The van der Waals surface area contributed by atoms with Crippen LogP contribution >= 0.6 is 0 Å². The molecule has 0 amide bonds. The Morgan fingerprint density at radius 3 is 2.48 bits per heavy atom. The summed E-state index contributed by atoms with van der Waals surface area (Å²) in [5, 5.41) is 12.1. The van der Waals surface area contributed by atoms with Crippen LogP contribution in [0.5, 0.6) is 0 Å². The number of oxazole rings is 1. The predicted molar refractivity (Wildman–Crippen MR) is 126 cm³/mol. The van der Waals surface area contributed by atoms with Gasteiger partial charge in [0.1, 0.15) is 6.26 Å². The quantitative estimate of drug-likeness (QED) is 0.642. The number of rotatable bonds is 7. The van der Waals surface area contributed by atoms with E-state index in [2.05, 4.69) is 56.1 Å². The van der Waals surface area contributed by atoms with E-state index in [4.69, 9.17) is 14.5 Å². The fourth-order valence-corrected chi connectivity index (χ4v) is 5.22. The molecule has 1 aliphatic carbocycles. The van der Waals surface area contributed by atoms with E-state index in [1.54, 1.807) is 0 Å². The number of piperidine rings is 1. The van der Waals surface area contributed by atoms with Gasteiger partial charge < -0.3 is 19.7 Å². The smallest absolute Gasteiger partial charge is 0.226 e. The summed E-state index contributed by atoms with van der Waals surface area (Å²) < 4.78 is 5.98. The number of nitrogens with one attached hydrogen (secondary N) is 1. The van der Waals surface area contributed by atoms with Gasteiger partial charge in [-0.15, -0.1) is 0 Å². The van der Waals surface area contributed by atoms with Crippen LogP contribution in [-0.2, 0) is 10.8 Å². The van der Waals surface area contributed by atoms with Gasteiger partial charge in [0.15, 0.2) is 0 Å². The molecule has 0 atom stereocenters. The minimum Gasteiger partial charge on any atom is -0.444 e. The van der Waals surface area contributed by atoms with E-state index in [0.717, 1.165) is 56.2 Å². The Morgan fingerprint density at radius 1 is 1.06 bits per heavy atom. The highest BCUT2D eigenvalue weighted by Gasteiger charge is 2.37. The summed E-state index contributed by atoms with van der Waals surface area (Å²) in [6.45, 7) is 14.5. The van der Waals surface area contributed by atoms with Crippen LogP contribution in [0.25, 0.3) is 11.5 Å². The predicted octanol–water partition coefficient (Wildman–Crippen LogP) is 4.45. The Morgan fingerprint density at radius 2 is 1.77 bits per heavy atom. The molecule has 0 bridgehead atoms. The third-order valence-corrected chi connectivity index (χ3v) is 7.52. The van der Waals surface area contributed by atoms with Gasteiger partial charge in [0.05, 0.1) is 12.3 Å². The van der Waals surface area contributed by atoms with Crippen molar-refractivity contribution in [1.82, 2.24) is 15.2 Å². The topological polar surface area (TPSA) is 61.5 Å². The molecule has 0 radical (unpaired) electrons. The fraction of sp³-hybridized carbons (Fsp3) is 0.654. The van der Waals surface area contributed by atoms with Gasteiger partial charge in [-0.2, -0.15) is 0 Å². The lowest BCUT2D eigenvalue weighted by molar-refractivity contribution is 0.208. The Hall–Kier alpha value is -1.69. The molecule has 170 valence electrons. The van der Waals surface area contributed by atoms with E-state index < -0.39 is 0 Å². The van der Waals surface area contributed by atoms with Crippen molar-refractivity contribution in [2.45, 2.75) is 70.1 Å². The van der Waals surface area contributed by atoms with Crippen molar-refractivity contribution in [2.75, 3.05) is 39.3 Å². The van der Waals surface area contributed by atoms with Crippen LogP contribution < -0.4 is 5.32 Å². The molecular weight excluding hydrogens is 386 g/mol. The summed E-state index contributed by atoms with van der Waals surface area (Å²) in [4.78, 5) is 7.42. The SMILES string of the molecule is CC1(C)CCC(C)(C)c2cc(-c3nc(C4CCN(CCNCCO)CC4)co3)ccc21. The van der Waals surface area contributed by atoms with E-state index >= 15 is 0 Å². The first-order chi connectivity index (χ1) is 14.8. The number of hydrogen-bond acceptors (Lipinski definition) is 5. The number of likely N-dealkylation sites (tertiary alicyclic amines) is 1. The molecule has 4 rings (SSSR count). The zero-order valence-corrected chi connectivity index (χ0v) is 19.7. The molecule has 0 spiro atoms. The molecule has 1 aromatic heterocycles. The molecule has 5 nitrogen and oxygen atoms in total. The molecule has 1 aliphatic heterocycles. The third-order valence-electron chi connectivity index (χ3n) is 7.52. The number of aromatic nitrogens is 1. The summed E-state index contributed by atoms with van der Waals surface area (Å²) >= 11 is 0. The number of aliphatic hydroxyl groups excluding tert-OH is 1. The number of benzene rings is 1. The number of nitrogens with zero attached hydrogens (tertiary/aromatic N) is 2. The van der Waals surface area contributed by atoms with Crippen molar-refractivity contribution in [3.05, 3.63) is 41.3 Å². The van der Waals surface area contributed by atoms with Crippen LogP contribution in [-0.4, -0.2) is 54.3 Å². The van der Waals surface area contributed by atoms with Crippen molar-refractivity contribution in [3.8, 4) is 11.5 Å². The molecule has 2 aromatic rings. The van der Waals surface area contributed by atoms with Crippen LogP contribution in [0.15, 0.2) is 28.9 Å². The number of aliphatic hydroxyl groups is 1. The van der Waals surface area contributed by atoms with Crippen LogP contribution in [0.4, 0.5) is 0 Å². The van der Waals surface area contributed by atoms with Gasteiger partial charge in [-0.05, 0) is 72.9 Å². The summed E-state index contributed by atoms with van der Waals surface area (Å²) in [6.07, 6.45) is 6.56. The van der Waals surface area contributed by atoms with Crippen LogP contribution in [0, 0.1) is 0 Å². The minimum absolute atomic E-state index is 0.190. The third kappa shape index (κ3) is 4.89. The molecule has 0 unspecified atom stereocenters. The maximum atomic E-state index is 8.86. The van der Waals surface area contributed by atoms with Gasteiger partial charge in [-0.25, -0.2) is 4.98 Å². The maximum Gasteiger partial charge on any atom is 0.226 e. The standard InChI is InChI=1S/C26H39N3O2/c1-25(2)9-10-26(3,4)22-17-20(5-6-21(22)25)24-28-23(18-31-24)19-7-13-29(14-8-19)15-11-27-12-16-30/h5-6,17-19,27,30H,7-16H2,1-4H3. The maximum absolute atomic E-state index is 8.86. The molecule has 1 saturated heterocycles. The fourth-order valence-electron chi connectivity index (χ4n) is 5.22. The van der Waals surface area contributed by atoms with Crippen molar-refractivity contribution in [1.29, 1.82) is 0 Å². The van der Waals surface area contributed by atoms with E-state index in [0.29, 0.717) is 12.5 Å². The molecule has 0 saturated carbocycles. The number of hydrogen-bond donors (Lipinski definition) is 2. The lowest BCUT2D eigenvalue weighted by Crippen LogP contribution is -2.38. The van der Waals surface area contributed by atoms with Gasteiger partial charge in [0.25, 0.3) is 0 Å². The first kappa shape index (κ1) is 22.5. The average molecular weight is 426 g/mol. The Labute approximate surface area is 187 Å². The average Bonchev–Trinajstić information content (AvgIpc) is 3.25. The summed E-state index contributed by atoms with van der Waals surface area (Å²) in [7, 11) is 0. The molecule has 2 heterocycles. The lowest BCUT2D eigenvalue weighted by atomic mass is 9.63. The molecule has 31 heavy (non-hydrogen) atoms. The highest BCUT2D eigenvalue weighted by molar-refractivity contribution is 5.59. The largest absolute Gasteiger partial charge is 0.444 e. The first-order valence-electron chi connectivity index (χ1n) is 11.9. The lowest BCUT2D eigenvalue weighted by Gasteiger charge is -2.42. The molecule has 2 aliphatic rings. The van der Waals surface area contributed by atoms with Crippen LogP contribution in [0.2, 0.25) is 0 Å². The monoisotopic (exact) mass is 425 g/mol. The summed E-state index contributed by atoms with van der Waals surface area (Å²) in [6, 6.07) is 6.83. The summed E-state index contributed by atoms with van der Waals surface area (Å²) in [5.41, 5.74) is 5.54. The summed E-state index contributed by atoms with van der Waals surface area (Å²) in [5.74, 6) is 1.24. The highest BCUT2D eigenvalue weighted by Crippen LogP contribution is 2.46. The van der Waals surface area contributed by atoms with E-state index in [9.17, 15) is 0 Å². The Bertz CT molecular complexity index is 879. The van der Waals surface area contributed by atoms with E-state index in [1.807, 2.05) is 6.26 Å². The second-order valence-corrected chi connectivity index (χ2v) is 10.7. The van der Waals surface area contributed by atoms with Crippen molar-refractivity contribution in [2.24, 2.45) is 0 Å². The Balaban J connectivity index is 1.43. The Kier molecular flexibility index (Phi) is 6.57. The molecule has 1 fully saturated rings. The molecule has 2 N–H and O–H groups in total. The number of fused-ring (bicyclic) bond motifs is 1. The van der Waals surface area contributed by atoms with Crippen molar-refractivity contribution in [3.63, 3.8) is 0 Å². The zero-order valence-electron chi connectivity index (χ0n) is 19.7. The molecule has 5 heteroatoms. The first-order valence-corrected chi connectivity index (χ1v) is 11.9. The van der Waals surface area contributed by atoms with Gasteiger partial charge in [0.2, 0.25) is 5.89 Å². The molecule has 1 aromatic carbocycles. The van der Waals surface area contributed by atoms with E-state index in [-0.39, 0.29) is 17.4 Å². The minimum atomic E-state index is 0.190. The van der Waals surface area contributed by atoms with Crippen molar-refractivity contribution < 1.29 is 9.52 Å². The normalized spacial score (nSPS) is 21.2. The van der Waals surface area contributed by atoms with Gasteiger partial charge in [-0.1, -0.05) is 33.8 Å². The van der Waals surface area contributed by atoms with Gasteiger partial charge in [-0.3, -0.25) is 0 Å². The van der Waals surface area contributed by atoms with E-state index in [1.165, 1.54) is 24.0 Å². The van der Waals surface area contributed by atoms with Gasteiger partial charge in [0, 0.05) is 31.1 Å². The second kappa shape index (κ2) is 9.05. The van der Waals surface area contributed by atoms with Crippen molar-refractivity contribution >= 4 is 0 Å². The van der Waals surface area contributed by atoms with Gasteiger partial charge >= 0.3 is 0 Å².